The number of carbonyl (C=O) groups excluding carboxylic acids is 1. The largest absolute Gasteiger partial charge is 0.464 e. The van der Waals surface area contributed by atoms with Crippen molar-refractivity contribution in [2.24, 2.45) is 0 Å². The molecule has 0 bridgehead atoms. The summed E-state index contributed by atoms with van der Waals surface area (Å²) in [5, 5.41) is 22.9. The molecule has 1 atom stereocenters. The maximum atomic E-state index is 13.2. The van der Waals surface area contributed by atoms with Crippen LogP contribution in [0, 0.1) is 11.3 Å². The van der Waals surface area contributed by atoms with Gasteiger partial charge in [0.15, 0.2) is 5.65 Å². The maximum Gasteiger partial charge on any atom is 0.420 e. The second-order valence-electron chi connectivity index (χ2n) is 7.87. The summed E-state index contributed by atoms with van der Waals surface area (Å²) in [6, 6.07) is 10.3. The number of piperidine rings is 1. The number of pyridine rings is 2. The molecule has 1 saturated heterocycles. The molecule has 1 fully saturated rings. The lowest BCUT2D eigenvalue weighted by Crippen LogP contribution is -2.43. The van der Waals surface area contributed by atoms with Crippen LogP contribution in [0.4, 0.5) is 4.79 Å². The molecular formula is C22H19N7O4. The van der Waals surface area contributed by atoms with Gasteiger partial charge in [0, 0.05) is 24.8 Å². The molecule has 33 heavy (non-hydrogen) atoms. The van der Waals surface area contributed by atoms with Crippen molar-refractivity contribution in [3.63, 3.8) is 0 Å². The van der Waals surface area contributed by atoms with Crippen molar-refractivity contribution in [3.8, 4) is 17.3 Å². The molecule has 1 amide bonds. The van der Waals surface area contributed by atoms with Gasteiger partial charge < -0.3 is 10.0 Å². The fraction of sp³-hybridized carbons (Fsp3) is 0.273. The van der Waals surface area contributed by atoms with Crippen LogP contribution in [-0.2, 0) is 4.79 Å². The minimum absolute atomic E-state index is 0.174. The Bertz CT molecular complexity index is 1510. The Balaban J connectivity index is 1.66. The Morgan fingerprint density at radius 1 is 1.21 bits per heavy atom. The predicted octanol–water partition coefficient (Wildman–Crippen LogP) is 2.12. The SMILES string of the molecule is N#CCC(=O)N1CCCC(n2c(=O)n(C(=O)O)c3ccc(-c4cnn5ccccc45)nc32)C1. The van der Waals surface area contributed by atoms with Crippen molar-refractivity contribution in [3.05, 3.63) is 53.2 Å². The molecule has 4 aromatic rings. The molecule has 0 spiro atoms. The molecule has 0 radical (unpaired) electrons. The topological polar surface area (TPSA) is 139 Å². The van der Waals surface area contributed by atoms with Crippen LogP contribution in [0.2, 0.25) is 0 Å². The lowest BCUT2D eigenvalue weighted by Gasteiger charge is -2.32. The molecule has 166 valence electrons. The summed E-state index contributed by atoms with van der Waals surface area (Å²) in [5.74, 6) is -0.308. The number of aromatic nitrogens is 5. The van der Waals surface area contributed by atoms with Gasteiger partial charge in [0.2, 0.25) is 5.91 Å². The standard InChI is InChI=1S/C22H19N7O4/c23-9-8-19(30)26-10-3-4-14(13-26)28-20-18(29(21(28)31)22(32)33)7-6-16(25-20)15-12-24-27-11-2-1-5-17(15)27/h1-2,5-7,11-12,14H,3-4,8,10,13H2,(H,32,33). The first-order valence-electron chi connectivity index (χ1n) is 10.4. The number of fused-ring (bicyclic) bond motifs is 2. The number of amides is 1. The van der Waals surface area contributed by atoms with E-state index in [-0.39, 0.29) is 30.0 Å². The summed E-state index contributed by atoms with van der Waals surface area (Å²) < 4.78 is 3.75. The van der Waals surface area contributed by atoms with Crippen molar-refractivity contribution in [2.75, 3.05) is 13.1 Å². The molecule has 11 nitrogen and oxygen atoms in total. The second kappa shape index (κ2) is 7.90. The Morgan fingerprint density at radius 2 is 2.06 bits per heavy atom. The van der Waals surface area contributed by atoms with Gasteiger partial charge in [0.05, 0.1) is 29.5 Å². The Morgan fingerprint density at radius 3 is 2.85 bits per heavy atom. The highest BCUT2D eigenvalue weighted by Crippen LogP contribution is 2.28. The summed E-state index contributed by atoms with van der Waals surface area (Å²) in [6.45, 7) is 0.701. The predicted molar refractivity (Wildman–Crippen MR) is 117 cm³/mol. The first-order chi connectivity index (χ1) is 16.0. The first-order valence-corrected chi connectivity index (χ1v) is 10.4. The van der Waals surface area contributed by atoms with Crippen LogP contribution in [-0.4, -0.2) is 58.8 Å². The quantitative estimate of drug-likeness (QED) is 0.509. The van der Waals surface area contributed by atoms with Gasteiger partial charge >= 0.3 is 11.8 Å². The average molecular weight is 445 g/mol. The molecule has 1 N–H and O–H groups in total. The first kappa shape index (κ1) is 20.4. The summed E-state index contributed by atoms with van der Waals surface area (Å²) in [4.78, 5) is 43.6. The van der Waals surface area contributed by atoms with E-state index in [4.69, 9.17) is 5.26 Å². The Labute approximate surface area is 186 Å². The number of hydrogen-bond donors (Lipinski definition) is 1. The third-order valence-electron chi connectivity index (χ3n) is 5.96. The molecule has 1 aliphatic heterocycles. The zero-order valence-electron chi connectivity index (χ0n) is 17.5. The van der Waals surface area contributed by atoms with Crippen molar-refractivity contribution in [2.45, 2.75) is 25.3 Å². The second-order valence-corrected chi connectivity index (χ2v) is 7.87. The number of nitrogens with zero attached hydrogens (tertiary/aromatic N) is 7. The van der Waals surface area contributed by atoms with E-state index in [0.29, 0.717) is 29.6 Å². The lowest BCUT2D eigenvalue weighted by atomic mass is 10.1. The molecule has 5 heterocycles. The summed E-state index contributed by atoms with van der Waals surface area (Å²) in [5.41, 5.74) is 1.80. The fourth-order valence-corrected chi connectivity index (χ4v) is 4.46. The average Bonchev–Trinajstić information content (AvgIpc) is 3.37. The third kappa shape index (κ3) is 3.32. The minimum atomic E-state index is -1.40. The Hall–Kier alpha value is -4.46. The van der Waals surface area contributed by atoms with Crippen LogP contribution in [0.25, 0.3) is 27.9 Å². The van der Waals surface area contributed by atoms with Gasteiger partial charge in [0.1, 0.15) is 11.9 Å². The number of nitriles is 1. The highest BCUT2D eigenvalue weighted by molar-refractivity contribution is 5.87. The molecule has 0 saturated carbocycles. The van der Waals surface area contributed by atoms with E-state index in [1.165, 1.54) is 4.57 Å². The highest BCUT2D eigenvalue weighted by Gasteiger charge is 2.30. The summed E-state index contributed by atoms with van der Waals surface area (Å²) in [6.07, 6.45) is 3.05. The number of likely N-dealkylation sites (tertiary alicyclic amines) is 1. The number of rotatable bonds is 3. The molecule has 0 aromatic carbocycles. The molecule has 0 aliphatic carbocycles. The fourth-order valence-electron chi connectivity index (χ4n) is 4.46. The molecule has 1 aliphatic rings. The van der Waals surface area contributed by atoms with E-state index in [2.05, 4.69) is 10.1 Å². The van der Waals surface area contributed by atoms with Gasteiger partial charge in [-0.2, -0.15) is 14.9 Å². The summed E-state index contributed by atoms with van der Waals surface area (Å²) in [7, 11) is 0. The number of carbonyl (C=O) groups is 2. The van der Waals surface area contributed by atoms with Crippen LogP contribution in [0.15, 0.2) is 47.5 Å². The van der Waals surface area contributed by atoms with Gasteiger partial charge in [-0.05, 0) is 37.1 Å². The van der Waals surface area contributed by atoms with Crippen LogP contribution < -0.4 is 5.69 Å². The van der Waals surface area contributed by atoms with Gasteiger partial charge in [-0.3, -0.25) is 9.36 Å². The van der Waals surface area contributed by atoms with Gasteiger partial charge in [-0.15, -0.1) is 0 Å². The van der Waals surface area contributed by atoms with E-state index in [0.717, 1.165) is 11.1 Å². The van der Waals surface area contributed by atoms with Crippen molar-refractivity contribution >= 4 is 28.7 Å². The van der Waals surface area contributed by atoms with Crippen LogP contribution >= 0.6 is 0 Å². The smallest absolute Gasteiger partial charge is 0.420 e. The van der Waals surface area contributed by atoms with Crippen molar-refractivity contribution in [1.29, 1.82) is 5.26 Å². The maximum absolute atomic E-state index is 13.2. The number of imidazole rings is 1. The Kier molecular flexibility index (Phi) is 4.90. The molecule has 1 unspecified atom stereocenters. The normalized spacial score (nSPS) is 16.2. The molecule has 5 rings (SSSR count). The van der Waals surface area contributed by atoms with Crippen LogP contribution in [0.3, 0.4) is 0 Å². The summed E-state index contributed by atoms with van der Waals surface area (Å²) >= 11 is 0. The van der Waals surface area contributed by atoms with Gasteiger partial charge in [-0.1, -0.05) is 6.07 Å². The van der Waals surface area contributed by atoms with Gasteiger partial charge in [-0.25, -0.2) is 19.1 Å². The van der Waals surface area contributed by atoms with Crippen molar-refractivity contribution < 1.29 is 14.7 Å². The van der Waals surface area contributed by atoms with E-state index in [9.17, 15) is 19.5 Å². The number of carboxylic acid groups (broad SMARTS) is 1. The van der Waals surface area contributed by atoms with E-state index in [1.807, 2.05) is 30.5 Å². The molecular weight excluding hydrogens is 426 g/mol. The van der Waals surface area contributed by atoms with E-state index in [1.54, 1.807) is 27.7 Å². The molecule has 11 heteroatoms. The number of hydrogen-bond acceptors (Lipinski definition) is 6. The van der Waals surface area contributed by atoms with E-state index < -0.39 is 17.8 Å². The van der Waals surface area contributed by atoms with Crippen molar-refractivity contribution in [1.82, 2.24) is 28.6 Å². The lowest BCUT2D eigenvalue weighted by molar-refractivity contribution is -0.131. The van der Waals surface area contributed by atoms with Gasteiger partial charge in [0.25, 0.3) is 0 Å². The third-order valence-corrected chi connectivity index (χ3v) is 5.96. The molecule has 4 aromatic heterocycles. The van der Waals surface area contributed by atoms with E-state index >= 15 is 0 Å². The highest BCUT2D eigenvalue weighted by atomic mass is 16.4. The zero-order chi connectivity index (χ0) is 23.1. The zero-order valence-corrected chi connectivity index (χ0v) is 17.5. The minimum Gasteiger partial charge on any atom is -0.464 e. The monoisotopic (exact) mass is 445 g/mol. The van der Waals surface area contributed by atoms with Crippen LogP contribution in [0.5, 0.6) is 0 Å². The van der Waals surface area contributed by atoms with Crippen LogP contribution in [0.1, 0.15) is 25.3 Å².